The minimum atomic E-state index is -2.40. The number of aliphatic hydroxyl groups is 9. The highest BCUT2D eigenvalue weighted by atomic mass is 16.8. The van der Waals surface area contributed by atoms with E-state index in [1.807, 2.05) is 20.8 Å². The fourth-order valence-electron chi connectivity index (χ4n) is 16.4. The van der Waals surface area contributed by atoms with E-state index in [2.05, 4.69) is 33.8 Å². The first-order valence-corrected chi connectivity index (χ1v) is 27.7. The normalized spacial score (nSPS) is 53.5. The van der Waals surface area contributed by atoms with Crippen LogP contribution in [0.25, 0.3) is 0 Å². The van der Waals surface area contributed by atoms with E-state index in [1.54, 1.807) is 0 Å². The fourth-order valence-corrected chi connectivity index (χ4v) is 16.4. The van der Waals surface area contributed by atoms with Gasteiger partial charge in [0.2, 0.25) is 0 Å². The van der Waals surface area contributed by atoms with Crippen LogP contribution in [0.5, 0.6) is 0 Å². The Balaban J connectivity index is 1.00. The lowest BCUT2D eigenvalue weighted by molar-refractivity contribution is -0.402. The van der Waals surface area contributed by atoms with Crippen molar-refractivity contribution in [2.24, 2.45) is 50.2 Å². The number of hydrogen-bond donors (Lipinski definition) is 13. The van der Waals surface area contributed by atoms with Crippen LogP contribution >= 0.6 is 0 Å². The molecule has 0 radical (unpaired) electrons. The van der Waals surface area contributed by atoms with Crippen LogP contribution < -0.4 is 0 Å². The summed E-state index contributed by atoms with van der Waals surface area (Å²) in [6, 6.07) is 0. The number of ether oxygens (including phenoxy) is 8. The molecule has 29 unspecified atom stereocenters. The Hall–Kier alpha value is -3.06. The molecule has 0 amide bonds. The standard InChI is InChI=1S/C54H82O25/c1-20-26(55)27(56)34(63)44(72-20)77-39-32(61)29(58)36(42(66)67)75-46(39)79-40-33(62)30(59)37(43(68)69)76-47(40)78-38-31(60)28(57)35(41(64)65)74-45(38)73-25-12-13-52(6)23(49(25,2)3)11-14-54(8)24(52)10-9-21-22-19-51(5,48(70)71)16-15-50(22,4)17-18-53(21,54)7/h9,20,22-40,44-47,55-63H,10-19H2,1-8H3,(H,64,65)(H,66,67)(H,68,69)(H,70,71). The third kappa shape index (κ3) is 9.78. The molecule has 9 rings (SSSR count). The number of aliphatic hydroxyl groups excluding tert-OH is 9. The van der Waals surface area contributed by atoms with Crippen molar-refractivity contribution in [1.82, 2.24) is 0 Å². The average molecular weight is 1130 g/mol. The minimum absolute atomic E-state index is 0.00149. The minimum Gasteiger partial charge on any atom is -0.481 e. The van der Waals surface area contributed by atoms with Crippen molar-refractivity contribution in [3.05, 3.63) is 11.6 Å². The lowest BCUT2D eigenvalue weighted by Gasteiger charge is -2.71. The van der Waals surface area contributed by atoms with Gasteiger partial charge in [-0.3, -0.25) is 4.79 Å². The number of carboxylic acid groups (broad SMARTS) is 4. The van der Waals surface area contributed by atoms with Crippen molar-refractivity contribution in [1.29, 1.82) is 0 Å². The van der Waals surface area contributed by atoms with Gasteiger partial charge in [-0.1, -0.05) is 53.2 Å². The van der Waals surface area contributed by atoms with Gasteiger partial charge in [-0.15, -0.1) is 0 Å². The molecule has 8 fully saturated rings. The number of aliphatic carboxylic acids is 4. The van der Waals surface area contributed by atoms with E-state index in [0.29, 0.717) is 25.7 Å². The molecule has 0 aromatic heterocycles. The van der Waals surface area contributed by atoms with Gasteiger partial charge in [-0.25, -0.2) is 14.4 Å². The summed E-state index contributed by atoms with van der Waals surface area (Å²) in [5, 5.41) is 140. The second-order valence-electron chi connectivity index (χ2n) is 26.3. The lowest BCUT2D eigenvalue weighted by Crippen LogP contribution is -2.69. The number of rotatable bonds is 12. The number of allylic oxidation sites excluding steroid dienone is 2. The first kappa shape index (κ1) is 60.5. The highest BCUT2D eigenvalue weighted by Gasteiger charge is 2.69. The molecule has 25 heteroatoms. The zero-order valence-corrected chi connectivity index (χ0v) is 45.7. The molecule has 0 spiro atoms. The summed E-state index contributed by atoms with van der Waals surface area (Å²) < 4.78 is 47.3. The Bertz CT molecular complexity index is 2350. The van der Waals surface area contributed by atoms with E-state index in [1.165, 1.54) is 12.5 Å². The molecule has 5 aliphatic carbocycles. The summed E-state index contributed by atoms with van der Waals surface area (Å²) in [6.07, 6.45) is -33.1. The largest absolute Gasteiger partial charge is 0.481 e. The van der Waals surface area contributed by atoms with Crippen LogP contribution in [-0.4, -0.2) is 219 Å². The lowest BCUT2D eigenvalue weighted by atomic mass is 9.33. The van der Waals surface area contributed by atoms with Crippen molar-refractivity contribution in [2.45, 2.75) is 249 Å². The molecule has 448 valence electrons. The predicted octanol–water partition coefficient (Wildman–Crippen LogP) is -0.165. The molecule has 25 nitrogen and oxygen atoms in total. The summed E-state index contributed by atoms with van der Waals surface area (Å²) in [4.78, 5) is 50.2. The maximum atomic E-state index is 12.7. The molecule has 29 atom stereocenters. The van der Waals surface area contributed by atoms with Gasteiger partial charge in [0.1, 0.15) is 73.2 Å². The maximum Gasteiger partial charge on any atom is 0.335 e. The Kier molecular flexibility index (Phi) is 16.3. The Morgan fingerprint density at radius 1 is 0.506 bits per heavy atom. The van der Waals surface area contributed by atoms with E-state index in [9.17, 15) is 85.6 Å². The third-order valence-electron chi connectivity index (χ3n) is 21.6. The Labute approximate surface area is 456 Å². The van der Waals surface area contributed by atoms with Gasteiger partial charge in [-0.2, -0.15) is 0 Å². The molecule has 13 N–H and O–H groups in total. The molecule has 9 aliphatic rings. The van der Waals surface area contributed by atoms with E-state index in [-0.39, 0.29) is 39.4 Å². The third-order valence-corrected chi connectivity index (χ3v) is 21.6. The number of hydrogen-bond acceptors (Lipinski definition) is 21. The van der Waals surface area contributed by atoms with Gasteiger partial charge in [0.15, 0.2) is 43.5 Å². The molecular formula is C54H82O25. The second kappa shape index (κ2) is 21.2. The molecule has 4 aliphatic heterocycles. The van der Waals surface area contributed by atoms with Crippen LogP contribution in [0.1, 0.15) is 120 Å². The average Bonchev–Trinajstić information content (AvgIpc) is 3.39. The number of carbonyl (C=O) groups is 4. The molecule has 0 aromatic rings. The first-order chi connectivity index (χ1) is 36.7. The summed E-state index contributed by atoms with van der Waals surface area (Å²) in [6.45, 7) is 16.7. The van der Waals surface area contributed by atoms with Gasteiger partial charge in [0.05, 0.1) is 17.6 Å². The quantitative estimate of drug-likeness (QED) is 0.0891. The molecule has 0 bridgehead atoms. The zero-order chi connectivity index (χ0) is 58.2. The SMILES string of the molecule is CC1OC(OC2C(OC3C(OC4C(OC5CCC6(C)C(CCC7(C)C6CC=C6C8CC(C)(C(=O)O)CCC8(C)CCC67C)C5(C)C)OC(C(=O)O)C(O)C4O)OC(C(=O)O)C(O)C3O)OC(C(=O)O)C(O)C2O)C(O)C(O)C1O. The highest BCUT2D eigenvalue weighted by molar-refractivity contribution is 5.75. The molecule has 79 heavy (non-hydrogen) atoms. The summed E-state index contributed by atoms with van der Waals surface area (Å²) in [5.74, 6) is -5.83. The van der Waals surface area contributed by atoms with Crippen LogP contribution in [0.2, 0.25) is 0 Å². The van der Waals surface area contributed by atoms with Crippen LogP contribution in [-0.2, 0) is 57.1 Å². The molecule has 4 saturated carbocycles. The number of carboxylic acids is 4. The molecular weight excluding hydrogens is 1050 g/mol. The topological polar surface area (TPSA) is 405 Å². The van der Waals surface area contributed by atoms with E-state index >= 15 is 0 Å². The van der Waals surface area contributed by atoms with Crippen molar-refractivity contribution in [3.63, 3.8) is 0 Å². The van der Waals surface area contributed by atoms with Gasteiger partial charge < -0.3 is 104 Å². The van der Waals surface area contributed by atoms with E-state index in [0.717, 1.165) is 38.5 Å². The van der Waals surface area contributed by atoms with Gasteiger partial charge in [0, 0.05) is 0 Å². The summed E-state index contributed by atoms with van der Waals surface area (Å²) >= 11 is 0. The van der Waals surface area contributed by atoms with E-state index < -0.39 is 164 Å². The van der Waals surface area contributed by atoms with Crippen molar-refractivity contribution < 1.29 is 123 Å². The number of fused-ring (bicyclic) bond motifs is 7. The molecule has 4 saturated heterocycles. The molecule has 4 heterocycles. The molecule has 0 aromatic carbocycles. The zero-order valence-electron chi connectivity index (χ0n) is 45.7. The maximum absolute atomic E-state index is 12.7. The first-order valence-electron chi connectivity index (χ1n) is 27.7. The van der Waals surface area contributed by atoms with Crippen LogP contribution in [0.15, 0.2) is 11.6 Å². The Morgan fingerprint density at radius 2 is 0.975 bits per heavy atom. The van der Waals surface area contributed by atoms with Gasteiger partial charge >= 0.3 is 23.9 Å². The Morgan fingerprint density at radius 3 is 1.46 bits per heavy atom. The highest BCUT2D eigenvalue weighted by Crippen LogP contribution is 2.76. The second-order valence-corrected chi connectivity index (χ2v) is 26.3. The van der Waals surface area contributed by atoms with Gasteiger partial charge in [-0.05, 0) is 123 Å². The van der Waals surface area contributed by atoms with Crippen molar-refractivity contribution in [2.75, 3.05) is 0 Å². The van der Waals surface area contributed by atoms with Gasteiger partial charge in [0.25, 0.3) is 0 Å². The summed E-state index contributed by atoms with van der Waals surface area (Å²) in [7, 11) is 0. The summed E-state index contributed by atoms with van der Waals surface area (Å²) in [5.41, 5.74) is -0.784. The van der Waals surface area contributed by atoms with Crippen molar-refractivity contribution in [3.8, 4) is 0 Å². The fraction of sp³-hybridized carbons (Fsp3) is 0.889. The monoisotopic (exact) mass is 1130 g/mol. The van der Waals surface area contributed by atoms with Crippen LogP contribution in [0, 0.1) is 50.2 Å². The van der Waals surface area contributed by atoms with E-state index in [4.69, 9.17) is 37.9 Å². The van der Waals surface area contributed by atoms with Crippen LogP contribution in [0.4, 0.5) is 0 Å². The van der Waals surface area contributed by atoms with Crippen molar-refractivity contribution >= 4 is 23.9 Å². The predicted molar refractivity (Wildman–Crippen MR) is 263 cm³/mol. The van der Waals surface area contributed by atoms with Crippen LogP contribution in [0.3, 0.4) is 0 Å². The smallest absolute Gasteiger partial charge is 0.335 e.